The zero-order valence-electron chi connectivity index (χ0n) is 10.6. The molecule has 96 valence electrons. The number of aromatic nitrogens is 2. The van der Waals surface area contributed by atoms with E-state index >= 15 is 0 Å². The van der Waals surface area contributed by atoms with Crippen molar-refractivity contribution in [2.75, 3.05) is 20.3 Å². The van der Waals surface area contributed by atoms with Crippen LogP contribution >= 0.6 is 0 Å². The largest absolute Gasteiger partial charge is 0.465 e. The molecule has 0 fully saturated rings. The predicted molar refractivity (Wildman–Crippen MR) is 70.4 cm³/mol. The second-order valence-electron chi connectivity index (χ2n) is 4.50. The summed E-state index contributed by atoms with van der Waals surface area (Å²) in [7, 11) is 7.40. The van der Waals surface area contributed by atoms with Crippen molar-refractivity contribution in [2.24, 2.45) is 0 Å². The normalized spacial score (nSPS) is 18.9. The molecule has 6 heteroatoms. The Morgan fingerprint density at radius 3 is 3.21 bits per heavy atom. The minimum atomic E-state index is -0.355. The fourth-order valence-electron chi connectivity index (χ4n) is 2.34. The summed E-state index contributed by atoms with van der Waals surface area (Å²) >= 11 is 0. The van der Waals surface area contributed by atoms with Crippen LogP contribution in [0.3, 0.4) is 0 Å². The second-order valence-corrected chi connectivity index (χ2v) is 4.50. The Balaban J connectivity index is 2.17. The number of ether oxygens (including phenoxy) is 2. The number of nitrogens with zero attached hydrogens (tertiary/aromatic N) is 2. The van der Waals surface area contributed by atoms with Gasteiger partial charge in [-0.15, -0.1) is 0 Å². The van der Waals surface area contributed by atoms with E-state index in [-0.39, 0.29) is 11.8 Å². The zero-order valence-corrected chi connectivity index (χ0v) is 10.6. The van der Waals surface area contributed by atoms with Crippen LogP contribution in [0.4, 0.5) is 0 Å². The molecular formula is C13H13BN2O3. The molecule has 1 aromatic carbocycles. The van der Waals surface area contributed by atoms with Gasteiger partial charge in [0, 0.05) is 19.0 Å². The van der Waals surface area contributed by atoms with E-state index in [1.165, 1.54) is 7.11 Å². The van der Waals surface area contributed by atoms with Gasteiger partial charge >= 0.3 is 5.97 Å². The van der Waals surface area contributed by atoms with Gasteiger partial charge in [-0.05, 0) is 18.2 Å². The van der Waals surface area contributed by atoms with Crippen LogP contribution in [0.15, 0.2) is 18.2 Å². The van der Waals surface area contributed by atoms with Crippen molar-refractivity contribution in [3.63, 3.8) is 0 Å². The van der Waals surface area contributed by atoms with Gasteiger partial charge in [-0.3, -0.25) is 0 Å². The Hall–Kier alpha value is -1.82. The first-order valence-corrected chi connectivity index (χ1v) is 6.12. The summed E-state index contributed by atoms with van der Waals surface area (Å²) in [6.07, 6.45) is 0. The van der Waals surface area contributed by atoms with Crippen LogP contribution < -0.4 is 0 Å². The summed E-state index contributed by atoms with van der Waals surface area (Å²) in [5.41, 5.74) is 2.23. The molecule has 1 atom stereocenters. The lowest BCUT2D eigenvalue weighted by molar-refractivity contribution is 0.0601. The number of imidazole rings is 1. The topological polar surface area (TPSA) is 53.4 Å². The number of carbonyl (C=O) groups excluding carboxylic acids is 1. The van der Waals surface area contributed by atoms with E-state index in [0.29, 0.717) is 25.3 Å². The quantitative estimate of drug-likeness (QED) is 0.565. The molecule has 0 saturated heterocycles. The van der Waals surface area contributed by atoms with Crippen molar-refractivity contribution < 1.29 is 14.3 Å². The fraction of sp³-hybridized carbons (Fsp3) is 0.385. The van der Waals surface area contributed by atoms with E-state index in [2.05, 4.69) is 4.98 Å². The van der Waals surface area contributed by atoms with E-state index in [4.69, 9.17) is 17.3 Å². The highest BCUT2D eigenvalue weighted by atomic mass is 16.5. The number of rotatable bonds is 1. The molecule has 0 amide bonds. The Morgan fingerprint density at radius 2 is 2.42 bits per heavy atom. The first-order valence-electron chi connectivity index (χ1n) is 6.12. The highest BCUT2D eigenvalue weighted by molar-refractivity contribution is 6.12. The molecule has 1 unspecified atom stereocenters. The third kappa shape index (κ3) is 2.02. The average molecular weight is 256 g/mol. The van der Waals surface area contributed by atoms with Gasteiger partial charge in [-0.1, -0.05) is 0 Å². The maximum atomic E-state index is 11.6. The summed E-state index contributed by atoms with van der Waals surface area (Å²) in [4.78, 5) is 16.1. The molecule has 1 aliphatic rings. The molecule has 0 bridgehead atoms. The lowest BCUT2D eigenvalue weighted by Gasteiger charge is -2.07. The van der Waals surface area contributed by atoms with Crippen LogP contribution in [0.25, 0.3) is 11.0 Å². The van der Waals surface area contributed by atoms with Crippen LogP contribution in [-0.4, -0.2) is 43.7 Å². The number of methoxy groups -OCH3 is 1. The standard InChI is InChI=1S/C13H13BN2O3/c1-18-13(17)8-2-3-10-11(6-8)16-4-5-19-7-9(14)12(16)15-10/h2-3,6,9H,4-5,7H2,1H3. The second kappa shape index (κ2) is 4.70. The number of hydrogen-bond donors (Lipinski definition) is 0. The zero-order chi connectivity index (χ0) is 13.4. The predicted octanol–water partition coefficient (Wildman–Crippen LogP) is 1.06. The lowest BCUT2D eigenvalue weighted by atomic mass is 9.87. The van der Waals surface area contributed by atoms with Gasteiger partial charge in [0.05, 0.1) is 38.2 Å². The first-order chi connectivity index (χ1) is 9.20. The van der Waals surface area contributed by atoms with Crippen molar-refractivity contribution in [1.82, 2.24) is 9.55 Å². The minimum Gasteiger partial charge on any atom is -0.465 e. The molecule has 0 aliphatic carbocycles. The van der Waals surface area contributed by atoms with Crippen molar-refractivity contribution in [3.05, 3.63) is 29.6 Å². The summed E-state index contributed by atoms with van der Waals surface area (Å²) in [6, 6.07) is 5.32. The molecule has 1 aliphatic heterocycles. The molecule has 1 aromatic heterocycles. The van der Waals surface area contributed by atoms with E-state index in [0.717, 1.165) is 16.9 Å². The molecule has 0 N–H and O–H groups in total. The Kier molecular flexibility index (Phi) is 3.02. The van der Waals surface area contributed by atoms with Crippen LogP contribution in [-0.2, 0) is 16.0 Å². The first kappa shape index (κ1) is 12.2. The fourth-order valence-corrected chi connectivity index (χ4v) is 2.34. The molecule has 0 spiro atoms. The van der Waals surface area contributed by atoms with Crippen LogP contribution in [0.1, 0.15) is 22.0 Å². The SMILES string of the molecule is [B]C1COCCn2c1nc1ccc(C(=O)OC)cc12. The Bertz CT molecular complexity index is 638. The third-order valence-electron chi connectivity index (χ3n) is 3.29. The minimum absolute atomic E-state index is 0.239. The van der Waals surface area contributed by atoms with Crippen molar-refractivity contribution in [3.8, 4) is 0 Å². The Labute approximate surface area is 111 Å². The van der Waals surface area contributed by atoms with Crippen LogP contribution in [0.2, 0.25) is 0 Å². The smallest absolute Gasteiger partial charge is 0.337 e. The summed E-state index contributed by atoms with van der Waals surface area (Å²) < 4.78 is 12.2. The number of hydrogen-bond acceptors (Lipinski definition) is 4. The van der Waals surface area contributed by atoms with Gasteiger partial charge in [0.15, 0.2) is 0 Å². The number of benzene rings is 1. The van der Waals surface area contributed by atoms with E-state index < -0.39 is 0 Å². The monoisotopic (exact) mass is 256 g/mol. The van der Waals surface area contributed by atoms with Gasteiger partial charge in [-0.2, -0.15) is 0 Å². The summed E-state index contributed by atoms with van der Waals surface area (Å²) in [5.74, 6) is 0.206. The highest BCUT2D eigenvalue weighted by Gasteiger charge is 2.20. The molecule has 2 aromatic rings. The van der Waals surface area contributed by atoms with Gasteiger partial charge < -0.3 is 14.0 Å². The highest BCUT2D eigenvalue weighted by Crippen LogP contribution is 2.24. The van der Waals surface area contributed by atoms with Gasteiger partial charge in [0.2, 0.25) is 0 Å². The molecule has 5 nitrogen and oxygen atoms in total. The number of fused-ring (bicyclic) bond motifs is 3. The molecule has 2 radical (unpaired) electrons. The molecule has 19 heavy (non-hydrogen) atoms. The lowest BCUT2D eigenvalue weighted by Crippen LogP contribution is -2.08. The van der Waals surface area contributed by atoms with Crippen molar-refractivity contribution >= 4 is 24.8 Å². The van der Waals surface area contributed by atoms with E-state index in [1.54, 1.807) is 12.1 Å². The summed E-state index contributed by atoms with van der Waals surface area (Å²) in [6.45, 7) is 1.74. The number of carbonyl (C=O) groups is 1. The molecule has 3 rings (SSSR count). The molecular weight excluding hydrogens is 243 g/mol. The van der Waals surface area contributed by atoms with Gasteiger partial charge in [0.25, 0.3) is 0 Å². The Morgan fingerprint density at radius 1 is 1.58 bits per heavy atom. The van der Waals surface area contributed by atoms with Crippen LogP contribution in [0, 0.1) is 0 Å². The maximum absolute atomic E-state index is 11.6. The van der Waals surface area contributed by atoms with Gasteiger partial charge in [-0.25, -0.2) is 9.78 Å². The molecule has 2 heterocycles. The third-order valence-corrected chi connectivity index (χ3v) is 3.29. The van der Waals surface area contributed by atoms with Gasteiger partial charge in [0.1, 0.15) is 5.82 Å². The van der Waals surface area contributed by atoms with Crippen LogP contribution in [0.5, 0.6) is 0 Å². The maximum Gasteiger partial charge on any atom is 0.337 e. The number of esters is 1. The van der Waals surface area contributed by atoms with Crippen molar-refractivity contribution in [2.45, 2.75) is 12.4 Å². The van der Waals surface area contributed by atoms with E-state index in [1.807, 2.05) is 10.6 Å². The van der Waals surface area contributed by atoms with Crippen molar-refractivity contribution in [1.29, 1.82) is 0 Å². The van der Waals surface area contributed by atoms with E-state index in [9.17, 15) is 4.79 Å². The molecule has 0 saturated carbocycles. The summed E-state index contributed by atoms with van der Waals surface area (Å²) in [5, 5.41) is 0. The average Bonchev–Trinajstić information content (AvgIpc) is 2.70.